The summed E-state index contributed by atoms with van der Waals surface area (Å²) in [4.78, 5) is 3.84. The first-order valence-corrected chi connectivity index (χ1v) is 12.9. The molecule has 3 aromatic rings. The predicted molar refractivity (Wildman–Crippen MR) is 95.2 cm³/mol. The average molecular weight is 541 g/mol. The van der Waals surface area contributed by atoms with E-state index in [-0.39, 0.29) is 41.4 Å². The van der Waals surface area contributed by atoms with E-state index in [1.54, 1.807) is 7.01 Å². The zero-order valence-corrected chi connectivity index (χ0v) is 17.9. The molecule has 0 amide bonds. The van der Waals surface area contributed by atoms with Gasteiger partial charge in [0.25, 0.3) is 0 Å². The molecule has 106 valence electrons. The van der Waals surface area contributed by atoms with Crippen molar-refractivity contribution < 1.29 is 4.57 Å². The van der Waals surface area contributed by atoms with Crippen molar-refractivity contribution >= 4 is 86.9 Å². The Kier molecular flexibility index (Phi) is 4.05. The maximum absolute atomic E-state index is 2.38. The first-order chi connectivity index (χ1) is 10.2. The number of anilines is 1. The van der Waals surface area contributed by atoms with Crippen molar-refractivity contribution in [2.24, 2.45) is 7.05 Å². The fraction of sp³-hybridized carbons (Fsp3) is 0.133. The van der Waals surface area contributed by atoms with Crippen LogP contribution in [0, 0.1) is 0 Å². The molecule has 3 aromatic heterocycles. The molecule has 0 aromatic carbocycles. The van der Waals surface area contributed by atoms with Crippen LogP contribution in [0.3, 0.4) is 0 Å². The van der Waals surface area contributed by atoms with E-state index >= 15 is 0 Å². The zero-order chi connectivity index (χ0) is 14.4. The summed E-state index contributed by atoms with van der Waals surface area (Å²) >= 11 is 3.38. The van der Waals surface area contributed by atoms with Crippen LogP contribution in [-0.4, -0.2) is 48.4 Å². The van der Waals surface area contributed by atoms with Crippen molar-refractivity contribution in [1.29, 1.82) is 0 Å². The van der Waals surface area contributed by atoms with Gasteiger partial charge < -0.3 is 0 Å². The van der Waals surface area contributed by atoms with E-state index in [1.807, 2.05) is 22.7 Å². The molecule has 1 aliphatic heterocycles. The summed E-state index contributed by atoms with van der Waals surface area (Å²) in [5.41, 5.74) is 0. The van der Waals surface area contributed by atoms with Crippen molar-refractivity contribution in [1.82, 2.24) is 0 Å². The fourth-order valence-electron chi connectivity index (χ4n) is 2.29. The summed E-state index contributed by atoms with van der Waals surface area (Å²) in [6.45, 7) is 0. The molecule has 0 unspecified atom stereocenters. The predicted octanol–water partition coefficient (Wildman–Crippen LogP) is 2.18. The van der Waals surface area contributed by atoms with Gasteiger partial charge in [-0.15, -0.1) is 0 Å². The molecular formula is C15H13N2S2Te2+. The maximum atomic E-state index is 2.38. The number of allylic oxidation sites excluding steroid dienone is 2. The summed E-state index contributed by atoms with van der Waals surface area (Å²) in [6.07, 6.45) is 6.92. The number of aryl methyl sites for hydroxylation is 1. The molecule has 6 heteroatoms. The molecule has 0 N–H and O–H groups in total. The van der Waals surface area contributed by atoms with Crippen LogP contribution in [0.25, 0.3) is 14.3 Å². The number of aromatic nitrogens is 1. The van der Waals surface area contributed by atoms with E-state index in [1.165, 1.54) is 17.3 Å². The molecule has 0 radical (unpaired) electrons. The van der Waals surface area contributed by atoms with Gasteiger partial charge in [-0.3, -0.25) is 0 Å². The molecule has 0 saturated heterocycles. The number of hydrogen-bond acceptors (Lipinski definition) is 3. The van der Waals surface area contributed by atoms with Gasteiger partial charge in [0.15, 0.2) is 0 Å². The van der Waals surface area contributed by atoms with Crippen LogP contribution in [0.2, 0.25) is 0 Å². The number of thiophene rings is 2. The Hall–Kier alpha value is -0.0708. The summed E-state index contributed by atoms with van der Waals surface area (Å²) < 4.78 is 8.61. The molecular weight excluding hydrogens is 528 g/mol. The summed E-state index contributed by atoms with van der Waals surface area (Å²) in [5.74, 6) is 0. The van der Waals surface area contributed by atoms with Gasteiger partial charge in [-0.2, -0.15) is 0 Å². The fourth-order valence-corrected chi connectivity index (χ4v) is 11.6. The van der Waals surface area contributed by atoms with Crippen molar-refractivity contribution in [2.75, 3.05) is 11.9 Å². The molecule has 2 nitrogen and oxygen atoms in total. The first-order valence-electron chi connectivity index (χ1n) is 6.47. The van der Waals surface area contributed by atoms with Crippen molar-refractivity contribution in [3.63, 3.8) is 0 Å². The molecule has 0 saturated carbocycles. The van der Waals surface area contributed by atoms with E-state index in [0.717, 1.165) is 0 Å². The van der Waals surface area contributed by atoms with Crippen LogP contribution < -0.4 is 13.1 Å². The van der Waals surface area contributed by atoms with Crippen LogP contribution in [0.1, 0.15) is 3.71 Å². The normalized spacial score (nSPS) is 16.7. The third kappa shape index (κ3) is 2.57. The molecule has 0 bridgehead atoms. The van der Waals surface area contributed by atoms with Gasteiger partial charge in [-0.1, -0.05) is 0 Å². The second kappa shape index (κ2) is 5.85. The van der Waals surface area contributed by atoms with E-state index < -0.39 is 0 Å². The third-order valence-corrected chi connectivity index (χ3v) is 12.9. The standard InChI is InChI=1S/C15H13N2S2Te2/c1-16-12(20-10-6-8-18-14(10)16)4-3-5-13-17(2)15-11(21-13)7-9-19-15/h3-9H,1-2H3/q+1. The van der Waals surface area contributed by atoms with Crippen LogP contribution in [0.5, 0.6) is 0 Å². The van der Waals surface area contributed by atoms with Crippen molar-refractivity contribution in [3.05, 3.63) is 42.5 Å². The Labute approximate surface area is 151 Å². The molecule has 0 aliphatic carbocycles. The van der Waals surface area contributed by atoms with Crippen LogP contribution in [0.15, 0.2) is 38.8 Å². The van der Waals surface area contributed by atoms with Gasteiger partial charge >= 0.3 is 153 Å². The first kappa shape index (κ1) is 14.5. The topological polar surface area (TPSA) is 7.12 Å². The van der Waals surface area contributed by atoms with E-state index in [9.17, 15) is 0 Å². The van der Waals surface area contributed by atoms with Crippen LogP contribution >= 0.6 is 22.7 Å². The Balaban J connectivity index is 1.59. The quantitative estimate of drug-likeness (QED) is 0.357. The molecule has 4 rings (SSSR count). The Bertz CT molecular complexity index is 869. The zero-order valence-electron chi connectivity index (χ0n) is 11.6. The van der Waals surface area contributed by atoms with Gasteiger partial charge in [-0.25, -0.2) is 0 Å². The number of hydrogen-bond donors (Lipinski definition) is 0. The minimum atomic E-state index is -0.176. The van der Waals surface area contributed by atoms with Crippen LogP contribution in [0.4, 0.5) is 5.00 Å². The molecule has 4 heterocycles. The SMILES string of the molecule is CN1C(=CC=Cc2[te]c3ccsc3[n+]2C)[Te]c2ccsc21. The Morgan fingerprint density at radius 2 is 2.10 bits per heavy atom. The second-order valence-corrected chi connectivity index (χ2v) is 12.6. The Morgan fingerprint density at radius 1 is 1.24 bits per heavy atom. The third-order valence-electron chi connectivity index (χ3n) is 3.40. The number of fused-ring (bicyclic) bond motifs is 2. The summed E-state index contributed by atoms with van der Waals surface area (Å²) in [5, 5.41) is 5.88. The number of rotatable bonds is 2. The molecule has 0 atom stereocenters. The van der Waals surface area contributed by atoms with Gasteiger partial charge in [0.05, 0.1) is 0 Å². The minimum absolute atomic E-state index is 0.176. The van der Waals surface area contributed by atoms with E-state index in [0.29, 0.717) is 0 Å². The molecule has 21 heavy (non-hydrogen) atoms. The van der Waals surface area contributed by atoms with Gasteiger partial charge in [0.2, 0.25) is 0 Å². The molecule has 1 aliphatic rings. The van der Waals surface area contributed by atoms with E-state index in [4.69, 9.17) is 0 Å². The molecule has 0 fully saturated rings. The molecule has 0 spiro atoms. The van der Waals surface area contributed by atoms with Gasteiger partial charge in [-0.05, 0) is 0 Å². The number of nitrogens with zero attached hydrogens (tertiary/aromatic N) is 2. The van der Waals surface area contributed by atoms with Crippen molar-refractivity contribution in [2.45, 2.75) is 0 Å². The Morgan fingerprint density at radius 3 is 2.90 bits per heavy atom. The van der Waals surface area contributed by atoms with Gasteiger partial charge in [0.1, 0.15) is 0 Å². The summed E-state index contributed by atoms with van der Waals surface area (Å²) in [6, 6.07) is 4.60. The van der Waals surface area contributed by atoms with Gasteiger partial charge in [0, 0.05) is 0 Å². The monoisotopic (exact) mass is 545 g/mol. The van der Waals surface area contributed by atoms with Crippen molar-refractivity contribution in [3.8, 4) is 0 Å². The summed E-state index contributed by atoms with van der Waals surface area (Å²) in [7, 11) is 4.40. The van der Waals surface area contributed by atoms with E-state index in [2.05, 4.69) is 64.7 Å². The van der Waals surface area contributed by atoms with Crippen LogP contribution in [-0.2, 0) is 7.05 Å². The second-order valence-electron chi connectivity index (χ2n) is 4.70. The average Bonchev–Trinajstić information content (AvgIpc) is 3.19.